The highest BCUT2D eigenvalue weighted by molar-refractivity contribution is 7.98. The van der Waals surface area contributed by atoms with Gasteiger partial charge in [0.25, 0.3) is 0 Å². The number of phenols is 1. The molecule has 137 heavy (non-hydrogen) atoms. The maximum Gasteiger partial charge on any atom is 0.303 e. The monoisotopic (exact) mass is 1930 g/mol. The molecule has 2 aromatic heterocycles. The van der Waals surface area contributed by atoms with Crippen molar-refractivity contribution in [3.8, 4) is 5.75 Å². The van der Waals surface area contributed by atoms with E-state index in [4.69, 9.17) is 39.8 Å². The number of aromatic hydroxyl groups is 1. The van der Waals surface area contributed by atoms with Gasteiger partial charge < -0.3 is 149 Å². The lowest BCUT2D eigenvalue weighted by atomic mass is 10.0. The molecule has 0 unspecified atom stereocenters. The van der Waals surface area contributed by atoms with Gasteiger partial charge in [0.2, 0.25) is 94.5 Å². The highest BCUT2D eigenvalue weighted by Crippen LogP contribution is 2.24. The fourth-order valence-corrected chi connectivity index (χ4v) is 15.4. The molecule has 3 aromatic carbocycles. The molecule has 16 amide bonds. The molecule has 1 saturated heterocycles. The van der Waals surface area contributed by atoms with E-state index in [-0.39, 0.29) is 101 Å². The average molecular weight is 1940 g/mol. The van der Waals surface area contributed by atoms with E-state index >= 15 is 14.4 Å². The van der Waals surface area contributed by atoms with Crippen LogP contribution in [0.2, 0.25) is 0 Å². The summed E-state index contributed by atoms with van der Waals surface area (Å²) in [6.45, 7) is 0.859. The predicted octanol–water partition coefficient (Wildman–Crippen LogP) is -6.37. The number of aliphatic hydroxyl groups excluding tert-OH is 2. The number of guanidine groups is 1. The smallest absolute Gasteiger partial charge is 0.303 e. The van der Waals surface area contributed by atoms with Crippen molar-refractivity contribution in [3.05, 3.63) is 120 Å². The van der Waals surface area contributed by atoms with Crippen molar-refractivity contribution >= 4 is 129 Å². The SMILES string of the molecule is CSCC[C@H](NC(=O)[C@H](CO)NC(=O)[C@H](Cc1ccc(O)cc1)NC(=O)[C@@H](N)CO)C(=O)N[C@@H](CCC(=O)O)C(=O)N[C@@H](Cc1cnc[nH]1)C(=O)N[C@@H](Cc1ccccc1)C(=O)N[C@@H](CCCNC(=N)N)C(=O)N[C@@H](Cc1c[nH]c2ccccc12)C(=O)NCC(=O)N[C@@H](CCCCN)C(=O)N1CCC[C@H]1C(=O)N[C@H](C(=O)NCC(=O)N[C@@H](CCCCN)C(=O)N[C@@H](CCCCN)C(N)=O)C(C)C. The molecule has 3 heterocycles. The molecule has 1 fully saturated rings. The van der Waals surface area contributed by atoms with Crippen LogP contribution in [0, 0.1) is 11.3 Å². The van der Waals surface area contributed by atoms with Crippen LogP contribution in [-0.4, -0.2) is 302 Å². The minimum atomic E-state index is -1.81. The number of primary amides is 1. The highest BCUT2D eigenvalue weighted by atomic mass is 32.2. The third-order valence-electron chi connectivity index (χ3n) is 22.5. The number of phenolic OH excluding ortho intramolecular Hbond substituents is 1. The number of aliphatic hydroxyl groups is 2. The number of hydrogen-bond acceptors (Lipinski definition) is 27. The van der Waals surface area contributed by atoms with E-state index in [1.165, 1.54) is 53.5 Å². The van der Waals surface area contributed by atoms with Crippen molar-refractivity contribution in [2.75, 3.05) is 71.0 Å². The van der Waals surface area contributed by atoms with E-state index in [1.807, 2.05) is 0 Å². The molecule has 47 nitrogen and oxygen atoms in total. The Balaban J connectivity index is 1.22. The largest absolute Gasteiger partial charge is 0.508 e. The Labute approximate surface area is 796 Å². The Morgan fingerprint density at radius 1 is 0.496 bits per heavy atom. The number of rotatable bonds is 63. The molecule has 752 valence electrons. The van der Waals surface area contributed by atoms with Crippen LogP contribution >= 0.6 is 11.8 Å². The molecule has 1 aliphatic heterocycles. The lowest BCUT2D eigenvalue weighted by Gasteiger charge is -2.30. The molecular weight excluding hydrogens is 1800 g/mol. The molecule has 6 rings (SSSR count). The summed E-state index contributed by atoms with van der Waals surface area (Å²) < 4.78 is 0. The lowest BCUT2D eigenvalue weighted by Crippen LogP contribution is -2.61. The van der Waals surface area contributed by atoms with Crippen LogP contribution in [0.4, 0.5) is 0 Å². The molecule has 0 radical (unpaired) electrons. The van der Waals surface area contributed by atoms with E-state index in [1.54, 1.807) is 80.9 Å². The minimum Gasteiger partial charge on any atom is -0.508 e. The summed E-state index contributed by atoms with van der Waals surface area (Å²) in [7, 11) is 0. The fourth-order valence-electron chi connectivity index (χ4n) is 14.9. The van der Waals surface area contributed by atoms with Crippen LogP contribution in [0.15, 0.2) is 97.6 Å². The molecular formula is C89H134N26O21S. The second-order valence-corrected chi connectivity index (χ2v) is 34.5. The number of aromatic amines is 2. The third kappa shape index (κ3) is 38.7. The van der Waals surface area contributed by atoms with Crippen LogP contribution in [-0.2, 0) is 107 Å². The number of H-pyrrole nitrogens is 2. The van der Waals surface area contributed by atoms with Gasteiger partial charge in [-0.3, -0.25) is 86.9 Å². The maximum absolute atomic E-state index is 15.3. The number of thioether (sulfide) groups is 1. The van der Waals surface area contributed by atoms with Crippen molar-refractivity contribution in [1.29, 1.82) is 5.41 Å². The molecule has 0 bridgehead atoms. The third-order valence-corrected chi connectivity index (χ3v) is 23.1. The molecule has 34 N–H and O–H groups in total. The Kier molecular flexibility index (Phi) is 48.7. The quantitative estimate of drug-likeness (QED) is 0.00978. The molecule has 14 atom stereocenters. The number of para-hydroxylation sites is 1. The number of likely N-dealkylation sites (tertiary alicyclic amines) is 1. The number of carbonyl (C=O) groups excluding carboxylic acids is 16. The van der Waals surface area contributed by atoms with Crippen LogP contribution in [0.3, 0.4) is 0 Å². The number of hydrogen-bond donors (Lipinski definition) is 28. The van der Waals surface area contributed by atoms with Crippen molar-refractivity contribution < 1.29 is 102 Å². The number of aromatic nitrogens is 3. The summed E-state index contributed by atoms with van der Waals surface area (Å²) in [5, 5.41) is 87.1. The van der Waals surface area contributed by atoms with Gasteiger partial charge in [-0.15, -0.1) is 0 Å². The zero-order valence-electron chi connectivity index (χ0n) is 77.1. The summed E-state index contributed by atoms with van der Waals surface area (Å²) in [5.74, 6) is -17.0. The number of fused-ring (bicyclic) bond motifs is 1. The summed E-state index contributed by atoms with van der Waals surface area (Å²) in [4.78, 5) is 251. The molecule has 48 heteroatoms. The number of carboxylic acids is 1. The Bertz CT molecular complexity index is 4820. The van der Waals surface area contributed by atoms with E-state index in [0.717, 1.165) is 0 Å². The zero-order chi connectivity index (χ0) is 101. The van der Waals surface area contributed by atoms with Crippen LogP contribution in [0.1, 0.15) is 139 Å². The summed E-state index contributed by atoms with van der Waals surface area (Å²) in [5.41, 5.74) is 36.4. The first-order chi connectivity index (χ1) is 65.5. The van der Waals surface area contributed by atoms with Gasteiger partial charge in [0.05, 0.1) is 32.6 Å². The van der Waals surface area contributed by atoms with Crippen molar-refractivity contribution in [2.24, 2.45) is 40.3 Å². The molecule has 1 aliphatic rings. The summed E-state index contributed by atoms with van der Waals surface area (Å²) in [6.07, 6.45) is 6.43. The molecule has 0 spiro atoms. The average Bonchev–Trinajstić information content (AvgIpc) is 1.71. The van der Waals surface area contributed by atoms with E-state index in [0.29, 0.717) is 85.6 Å². The van der Waals surface area contributed by atoms with Gasteiger partial charge in [-0.25, -0.2) is 4.98 Å². The van der Waals surface area contributed by atoms with Crippen LogP contribution in [0.5, 0.6) is 5.75 Å². The van der Waals surface area contributed by atoms with E-state index < -0.39 is 243 Å². The number of nitrogens with two attached hydrogens (primary N) is 6. The number of nitrogens with zero attached hydrogens (tertiary/aromatic N) is 2. The van der Waals surface area contributed by atoms with Gasteiger partial charge in [-0.05, 0) is 169 Å². The van der Waals surface area contributed by atoms with Crippen molar-refractivity contribution in [2.45, 2.75) is 227 Å². The van der Waals surface area contributed by atoms with Gasteiger partial charge in [-0.1, -0.05) is 74.5 Å². The van der Waals surface area contributed by atoms with E-state index in [2.05, 4.69) is 94.7 Å². The maximum atomic E-state index is 15.3. The number of imidazole rings is 1. The lowest BCUT2D eigenvalue weighted by molar-refractivity contribution is -0.142. The summed E-state index contributed by atoms with van der Waals surface area (Å²) >= 11 is 1.23. The van der Waals surface area contributed by atoms with Crippen molar-refractivity contribution in [1.82, 2.24) is 99.6 Å². The Hall–Kier alpha value is -13.4. The fraction of sp³-hybridized carbons (Fsp3) is 0.539. The van der Waals surface area contributed by atoms with Gasteiger partial charge in [-0.2, -0.15) is 11.8 Å². The Morgan fingerprint density at radius 3 is 1.50 bits per heavy atom. The molecule has 5 aromatic rings. The van der Waals surface area contributed by atoms with Gasteiger partial charge in [0.1, 0.15) is 90.3 Å². The van der Waals surface area contributed by atoms with Crippen molar-refractivity contribution in [3.63, 3.8) is 0 Å². The second-order valence-electron chi connectivity index (χ2n) is 33.5. The second kappa shape index (κ2) is 59.5. The standard InChI is InChI=1S/C89H134N26O21S/c1-50(2)74(87(135)101-46-71(119)103-60(22-10-13-34-91)78(126)105-59(75(94)123)21-9-12-33-90)114-86(134)70-25-16-37-115(70)88(136)64(23-11-14-35-92)104-72(120)45-100-77(125)67(41-53-43-99-58-20-8-7-19-56(53)58)111-79(127)61(24-15-36-98-89(95)96)106-82(130)66(39-51-17-5-4-6-18-51)110-84(132)68(42-54-44-97-49-102-54)112-80(128)62(30-31-73(121)122)107-81(129)63(32-38-137-3)108-85(133)69(48-117)113-83(131)65(109-76(124)57(93)47-116)40-52-26-28-55(118)29-27-52/h4-8,17-20,26-29,43-44,49-50,57,59-70,74,99,116-118H,9-16,21-25,30-42,45-48,90-93H2,1-3H3,(H2,94,123)(H,97,102)(H,100,125)(H,101,135)(H,103,119)(H,104,120)(H,105,126)(H,106,130)(H,107,129)(H,108,133)(H,109,124)(H,110,132)(H,111,127)(H,112,128)(H,113,131)(H,114,134)(H,121,122)(H4,95,96,98)/t57-,59-,60-,61-,62-,63-,64-,65-,66-,67-,68-,69-,70-,74-/m0/s1. The van der Waals surface area contributed by atoms with Gasteiger partial charge >= 0.3 is 5.97 Å². The zero-order valence-corrected chi connectivity index (χ0v) is 77.9. The number of nitrogens with one attached hydrogen (secondary N) is 18. The number of amides is 16. The number of carboxylic acid groups (broad SMARTS) is 1. The number of carbonyl (C=O) groups is 17. The molecule has 0 saturated carbocycles. The van der Waals surface area contributed by atoms with Crippen LogP contribution < -0.4 is 114 Å². The predicted molar refractivity (Wildman–Crippen MR) is 504 cm³/mol. The van der Waals surface area contributed by atoms with Gasteiger partial charge in [0, 0.05) is 74.2 Å². The number of aliphatic carboxylic acids is 1. The van der Waals surface area contributed by atoms with E-state index in [9.17, 15) is 87.5 Å². The first kappa shape index (κ1) is 112. The number of unbranched alkanes of at least 4 members (excludes halogenated alkanes) is 3. The topological polar surface area (TPSA) is 779 Å². The number of benzene rings is 3. The van der Waals surface area contributed by atoms with Crippen LogP contribution in [0.25, 0.3) is 10.9 Å². The first-order valence-electron chi connectivity index (χ1n) is 45.5. The Morgan fingerprint density at radius 2 is 0.964 bits per heavy atom. The summed E-state index contributed by atoms with van der Waals surface area (Å²) in [6, 6.07) is 0.212. The molecule has 0 aliphatic carbocycles. The normalized spacial score (nSPS) is 15.1. The highest BCUT2D eigenvalue weighted by Gasteiger charge is 2.42. The minimum absolute atomic E-state index is 0.0123. The first-order valence-corrected chi connectivity index (χ1v) is 46.9. The van der Waals surface area contributed by atoms with Gasteiger partial charge in [0.15, 0.2) is 5.96 Å².